The first-order valence-electron chi connectivity index (χ1n) is 5.81. The first kappa shape index (κ1) is 14.2. The third-order valence-corrected chi connectivity index (χ3v) is 3.31. The minimum absolute atomic E-state index is 0.192. The van der Waals surface area contributed by atoms with Crippen molar-refractivity contribution in [2.45, 2.75) is 26.3 Å². The van der Waals surface area contributed by atoms with Crippen molar-refractivity contribution in [2.75, 3.05) is 6.54 Å². The molecule has 0 radical (unpaired) electrons. The van der Waals surface area contributed by atoms with Crippen molar-refractivity contribution < 1.29 is 9.59 Å². The molecule has 6 heteroatoms. The Morgan fingerprint density at radius 1 is 1.50 bits per heavy atom. The van der Waals surface area contributed by atoms with Crippen LogP contribution in [0.1, 0.15) is 41.6 Å². The van der Waals surface area contributed by atoms with Crippen LogP contribution in [0.3, 0.4) is 0 Å². The van der Waals surface area contributed by atoms with Crippen LogP contribution in [0.2, 0.25) is 0 Å². The van der Waals surface area contributed by atoms with E-state index in [0.717, 1.165) is 0 Å². The van der Waals surface area contributed by atoms with E-state index < -0.39 is 11.4 Å². The van der Waals surface area contributed by atoms with Crippen LogP contribution < -0.4 is 16.8 Å². The van der Waals surface area contributed by atoms with Crippen LogP contribution in [-0.2, 0) is 0 Å². The summed E-state index contributed by atoms with van der Waals surface area (Å²) in [6.45, 7) is 6.18. The smallest absolute Gasteiger partial charge is 0.268 e. The van der Waals surface area contributed by atoms with Gasteiger partial charge in [-0.05, 0) is 18.9 Å². The first-order chi connectivity index (χ1) is 8.30. The second-order valence-corrected chi connectivity index (χ2v) is 4.90. The Bertz CT molecular complexity index is 453. The van der Waals surface area contributed by atoms with Gasteiger partial charge in [-0.15, -0.1) is 0 Å². The number of carbonyl (C=O) groups is 2. The molecule has 6 N–H and O–H groups in total. The van der Waals surface area contributed by atoms with E-state index in [1.54, 1.807) is 0 Å². The van der Waals surface area contributed by atoms with Gasteiger partial charge < -0.3 is 21.8 Å². The van der Waals surface area contributed by atoms with Gasteiger partial charge in [0.15, 0.2) is 0 Å². The van der Waals surface area contributed by atoms with Gasteiger partial charge in [0.25, 0.3) is 5.91 Å². The summed E-state index contributed by atoms with van der Waals surface area (Å²) in [5, 5.41) is 2.86. The summed E-state index contributed by atoms with van der Waals surface area (Å²) in [5.41, 5.74) is 10.9. The van der Waals surface area contributed by atoms with Crippen molar-refractivity contribution in [3.05, 3.63) is 23.5 Å². The standard InChI is InChI=1S/C12H20N4O2/c1-7(2)12(3,6-13)16-11(18)9-4-8(5-15-9)10(14)17/h4-5,7,15H,6,13H2,1-3H3,(H2,14,17)(H,16,18). The molecule has 1 aromatic heterocycles. The summed E-state index contributed by atoms with van der Waals surface area (Å²) in [6, 6.07) is 1.43. The minimum atomic E-state index is -0.573. The first-order valence-corrected chi connectivity index (χ1v) is 5.81. The van der Waals surface area contributed by atoms with Gasteiger partial charge in [0.05, 0.1) is 11.1 Å². The molecule has 1 aromatic rings. The zero-order valence-corrected chi connectivity index (χ0v) is 10.9. The van der Waals surface area contributed by atoms with Gasteiger partial charge >= 0.3 is 0 Å². The number of H-pyrrole nitrogens is 1. The summed E-state index contributed by atoms with van der Waals surface area (Å²) in [6.07, 6.45) is 1.41. The van der Waals surface area contributed by atoms with E-state index in [1.165, 1.54) is 12.3 Å². The predicted molar refractivity (Wildman–Crippen MR) is 69.1 cm³/mol. The van der Waals surface area contributed by atoms with Gasteiger partial charge in [-0.25, -0.2) is 0 Å². The summed E-state index contributed by atoms with van der Waals surface area (Å²) in [5.74, 6) is -0.683. The molecular weight excluding hydrogens is 232 g/mol. The summed E-state index contributed by atoms with van der Waals surface area (Å²) < 4.78 is 0. The lowest BCUT2D eigenvalue weighted by atomic mass is 9.88. The number of primary amides is 1. The van der Waals surface area contributed by atoms with E-state index in [0.29, 0.717) is 12.2 Å². The van der Waals surface area contributed by atoms with Gasteiger partial charge in [0.1, 0.15) is 5.69 Å². The molecule has 0 saturated carbocycles. The molecule has 0 aliphatic rings. The monoisotopic (exact) mass is 252 g/mol. The Labute approximate surface area is 106 Å². The molecule has 1 rings (SSSR count). The van der Waals surface area contributed by atoms with Gasteiger partial charge in [-0.3, -0.25) is 9.59 Å². The maximum atomic E-state index is 12.0. The van der Waals surface area contributed by atoms with Crippen molar-refractivity contribution in [3.63, 3.8) is 0 Å². The quantitative estimate of drug-likeness (QED) is 0.600. The summed E-state index contributed by atoms with van der Waals surface area (Å²) in [7, 11) is 0. The Morgan fingerprint density at radius 2 is 2.11 bits per heavy atom. The number of aromatic amines is 1. The number of amides is 2. The number of rotatable bonds is 5. The van der Waals surface area contributed by atoms with Crippen LogP contribution >= 0.6 is 0 Å². The van der Waals surface area contributed by atoms with Gasteiger partial charge in [0.2, 0.25) is 5.91 Å². The number of nitrogens with one attached hydrogen (secondary N) is 2. The van der Waals surface area contributed by atoms with Crippen molar-refractivity contribution in [2.24, 2.45) is 17.4 Å². The van der Waals surface area contributed by atoms with Crippen LogP contribution in [-0.4, -0.2) is 28.9 Å². The maximum Gasteiger partial charge on any atom is 0.268 e. The van der Waals surface area contributed by atoms with Crippen molar-refractivity contribution in [1.29, 1.82) is 0 Å². The zero-order valence-electron chi connectivity index (χ0n) is 10.9. The number of nitrogens with two attached hydrogens (primary N) is 2. The average molecular weight is 252 g/mol. The molecule has 6 nitrogen and oxygen atoms in total. The fraction of sp³-hybridized carbons (Fsp3) is 0.500. The maximum absolute atomic E-state index is 12.0. The predicted octanol–water partition coefficient (Wildman–Crippen LogP) is 0.217. The molecule has 2 amide bonds. The fourth-order valence-corrected chi connectivity index (χ4v) is 1.43. The van der Waals surface area contributed by atoms with Crippen molar-refractivity contribution >= 4 is 11.8 Å². The summed E-state index contributed by atoms with van der Waals surface area (Å²) in [4.78, 5) is 25.7. The zero-order chi connectivity index (χ0) is 13.9. The van der Waals surface area contributed by atoms with E-state index in [9.17, 15) is 9.59 Å². The van der Waals surface area contributed by atoms with Crippen molar-refractivity contribution in [3.8, 4) is 0 Å². The van der Waals surface area contributed by atoms with E-state index in [1.807, 2.05) is 20.8 Å². The van der Waals surface area contributed by atoms with Gasteiger partial charge in [-0.1, -0.05) is 13.8 Å². The highest BCUT2D eigenvalue weighted by atomic mass is 16.2. The van der Waals surface area contributed by atoms with Gasteiger partial charge in [0, 0.05) is 12.7 Å². The van der Waals surface area contributed by atoms with E-state index in [4.69, 9.17) is 11.5 Å². The van der Waals surface area contributed by atoms with Gasteiger partial charge in [-0.2, -0.15) is 0 Å². The molecule has 0 aliphatic heterocycles. The summed E-state index contributed by atoms with van der Waals surface area (Å²) >= 11 is 0. The number of aromatic nitrogens is 1. The lowest BCUT2D eigenvalue weighted by Gasteiger charge is -2.33. The molecule has 1 atom stereocenters. The number of hydrogen-bond acceptors (Lipinski definition) is 3. The topological polar surface area (TPSA) is 114 Å². The lowest BCUT2D eigenvalue weighted by Crippen LogP contribution is -2.55. The fourth-order valence-electron chi connectivity index (χ4n) is 1.43. The van der Waals surface area contributed by atoms with Crippen LogP contribution in [0.15, 0.2) is 12.3 Å². The number of carbonyl (C=O) groups excluding carboxylic acids is 2. The molecule has 18 heavy (non-hydrogen) atoms. The van der Waals surface area contributed by atoms with E-state index in [2.05, 4.69) is 10.3 Å². The highest BCUT2D eigenvalue weighted by Crippen LogP contribution is 2.15. The molecule has 1 unspecified atom stereocenters. The molecule has 0 aromatic carbocycles. The van der Waals surface area contributed by atoms with E-state index >= 15 is 0 Å². The van der Waals surface area contributed by atoms with Crippen molar-refractivity contribution in [1.82, 2.24) is 10.3 Å². The van der Waals surface area contributed by atoms with E-state index in [-0.39, 0.29) is 17.4 Å². The Kier molecular flexibility index (Phi) is 4.13. The minimum Gasteiger partial charge on any atom is -0.366 e. The van der Waals surface area contributed by atoms with Crippen LogP contribution in [0.4, 0.5) is 0 Å². The van der Waals surface area contributed by atoms with Crippen LogP contribution in [0, 0.1) is 5.92 Å². The Hall–Kier alpha value is -1.82. The number of hydrogen-bond donors (Lipinski definition) is 4. The molecule has 0 aliphatic carbocycles. The highest BCUT2D eigenvalue weighted by Gasteiger charge is 2.29. The second kappa shape index (κ2) is 5.22. The third kappa shape index (κ3) is 2.89. The SMILES string of the molecule is CC(C)C(C)(CN)NC(=O)c1cc(C(N)=O)c[nH]1. The third-order valence-electron chi connectivity index (χ3n) is 3.31. The molecule has 100 valence electrons. The molecule has 0 bridgehead atoms. The lowest BCUT2D eigenvalue weighted by molar-refractivity contribution is 0.0878. The highest BCUT2D eigenvalue weighted by molar-refractivity contribution is 5.98. The molecule has 0 fully saturated rings. The van der Waals surface area contributed by atoms with Crippen LogP contribution in [0.25, 0.3) is 0 Å². The molecule has 0 spiro atoms. The Morgan fingerprint density at radius 3 is 2.50 bits per heavy atom. The molecule has 0 saturated heterocycles. The normalized spacial score (nSPS) is 14.3. The largest absolute Gasteiger partial charge is 0.366 e. The average Bonchev–Trinajstić information content (AvgIpc) is 2.77. The molecular formula is C12H20N4O2. The van der Waals surface area contributed by atoms with Crippen LogP contribution in [0.5, 0.6) is 0 Å². The Balaban J connectivity index is 2.84. The molecule has 1 heterocycles. The second-order valence-electron chi connectivity index (χ2n) is 4.90.